The number of imidazole rings is 2. The van der Waals surface area contributed by atoms with E-state index in [-0.39, 0.29) is 31.9 Å². The number of furan rings is 1. The molecule has 0 amide bonds. The van der Waals surface area contributed by atoms with E-state index in [1.807, 2.05) is 48.5 Å². The maximum absolute atomic E-state index is 7.91. The third kappa shape index (κ3) is 9.18. The van der Waals surface area contributed by atoms with E-state index in [2.05, 4.69) is 204 Å². The Kier molecular flexibility index (Phi) is 12.9. The fourth-order valence-electron chi connectivity index (χ4n) is 11.2. The minimum Gasteiger partial charge on any atom is -0.501 e. The molecule has 0 bridgehead atoms. The fourth-order valence-corrected chi connectivity index (χ4v) is 11.2. The predicted molar refractivity (Wildman–Crippen MR) is 320 cm³/mol. The molecule has 383 valence electrons. The van der Waals surface area contributed by atoms with Gasteiger partial charge in [0, 0.05) is 41.0 Å². The molecule has 0 spiro atoms. The van der Waals surface area contributed by atoms with E-state index in [0.717, 1.165) is 94.0 Å². The zero-order valence-corrected chi connectivity index (χ0v) is 47.1. The minimum atomic E-state index is -2.16. The summed E-state index contributed by atoms with van der Waals surface area (Å²) in [6.45, 7) is 15.9. The number of para-hydroxylation sites is 5. The Morgan fingerprint density at radius 3 is 1.66 bits per heavy atom. The second kappa shape index (κ2) is 20.9. The Labute approximate surface area is 469 Å². The molecule has 0 aliphatic heterocycles. The van der Waals surface area contributed by atoms with Gasteiger partial charge in [-0.05, 0) is 134 Å². The molecule has 0 fully saturated rings. The van der Waals surface area contributed by atoms with Crippen LogP contribution in [0.2, 0.25) is 0 Å². The largest absolute Gasteiger partial charge is 0.501 e. The van der Waals surface area contributed by atoms with Crippen LogP contribution in [0.1, 0.15) is 111 Å². The van der Waals surface area contributed by atoms with E-state index in [9.17, 15) is 0 Å². The topological polar surface area (TPSA) is 48.8 Å². The molecule has 0 aliphatic carbocycles. The first kappa shape index (κ1) is 47.6. The van der Waals surface area contributed by atoms with E-state index in [1.54, 1.807) is 12.1 Å². The monoisotopic (exact) mass is 1180 g/mol. The summed E-state index contributed by atoms with van der Waals surface area (Å²) in [5.41, 5.74) is 17.8. The van der Waals surface area contributed by atoms with Gasteiger partial charge in [0.25, 0.3) is 0 Å². The van der Waals surface area contributed by atoms with E-state index >= 15 is 0 Å². The summed E-state index contributed by atoms with van der Waals surface area (Å²) in [6, 6.07) is 71.5. The predicted octanol–water partition coefficient (Wildman–Crippen LogP) is 19.7. The fraction of sp³-hybridized carbons (Fsp3) is 0.183. The molecule has 10 aromatic carbocycles. The van der Waals surface area contributed by atoms with Crippen molar-refractivity contribution in [2.75, 3.05) is 0 Å². The van der Waals surface area contributed by atoms with Crippen LogP contribution in [0.4, 0.5) is 0 Å². The molecular formula is C71H62IrN4O-2. The molecule has 5 nitrogen and oxygen atoms in total. The standard InChI is InChI=1S/C46H37N2O.C25H25N2.Ir/c1-27(2)37-23-33(30-12-7-6-8-13-30)24-38(28(3)4)44(37)48-42-17-10-9-16-41(42)47-46(48)36-15-11-14-35-40-26-39-32(25-43(40)49-45(35)36)20-19-31-22-29(5)18-21-34(31)39;1-17(2)20-13-10-14-21(18(3)4)24(20)27-23-16-9-8-15-22(23)26-25(27)19-11-6-5-7-12-19;/h6-14,16-28H,1-5H3;5-11,13-18H,1-4H3;/q2*-1;/i5D3;;. The zero-order chi connectivity index (χ0) is 54.9. The number of aryl methyl sites for hydroxylation is 1. The van der Waals surface area contributed by atoms with Gasteiger partial charge in [0.1, 0.15) is 5.58 Å². The van der Waals surface area contributed by atoms with Gasteiger partial charge in [0.15, 0.2) is 0 Å². The molecule has 0 atom stereocenters. The van der Waals surface area contributed by atoms with Crippen molar-refractivity contribution in [2.24, 2.45) is 0 Å². The van der Waals surface area contributed by atoms with Gasteiger partial charge in [0.2, 0.25) is 0 Å². The van der Waals surface area contributed by atoms with Crippen LogP contribution in [0, 0.1) is 19.0 Å². The van der Waals surface area contributed by atoms with Crippen molar-refractivity contribution in [3.8, 4) is 45.3 Å². The van der Waals surface area contributed by atoms with Crippen LogP contribution in [0.25, 0.3) is 111 Å². The van der Waals surface area contributed by atoms with Crippen molar-refractivity contribution < 1.29 is 28.6 Å². The average Bonchev–Trinajstić information content (AvgIpc) is 3.75. The summed E-state index contributed by atoms with van der Waals surface area (Å²) in [5.74, 6) is 3.07. The number of benzene rings is 10. The second-order valence-electron chi connectivity index (χ2n) is 21.3. The van der Waals surface area contributed by atoms with Crippen LogP contribution in [0.3, 0.4) is 0 Å². The number of rotatable bonds is 9. The number of hydrogen-bond acceptors (Lipinski definition) is 3. The summed E-state index contributed by atoms with van der Waals surface area (Å²) in [7, 11) is 0. The van der Waals surface area contributed by atoms with Crippen molar-refractivity contribution in [2.45, 2.75) is 85.9 Å². The molecule has 3 aromatic heterocycles. The van der Waals surface area contributed by atoms with E-state index in [1.165, 1.54) is 39.1 Å². The van der Waals surface area contributed by atoms with Crippen LogP contribution < -0.4 is 0 Å². The molecule has 3 heterocycles. The van der Waals surface area contributed by atoms with Crippen LogP contribution in [0.15, 0.2) is 192 Å². The third-order valence-corrected chi connectivity index (χ3v) is 15.0. The smallest absolute Gasteiger partial charge is 0.121 e. The van der Waals surface area contributed by atoms with Gasteiger partial charge in [-0.25, -0.2) is 0 Å². The first-order valence-electron chi connectivity index (χ1n) is 28.2. The van der Waals surface area contributed by atoms with Crippen molar-refractivity contribution >= 4 is 65.6 Å². The van der Waals surface area contributed by atoms with Gasteiger partial charge < -0.3 is 13.6 Å². The molecule has 0 saturated carbocycles. The van der Waals surface area contributed by atoms with Crippen LogP contribution in [0.5, 0.6) is 0 Å². The summed E-state index contributed by atoms with van der Waals surface area (Å²) >= 11 is 0. The van der Waals surface area contributed by atoms with Gasteiger partial charge in [0.05, 0.1) is 39.3 Å². The van der Waals surface area contributed by atoms with Crippen LogP contribution in [-0.2, 0) is 20.1 Å². The van der Waals surface area contributed by atoms with Gasteiger partial charge in [-0.3, -0.25) is 9.97 Å². The quantitative estimate of drug-likeness (QED) is 0.107. The summed E-state index contributed by atoms with van der Waals surface area (Å²) in [5, 5.41) is 5.95. The summed E-state index contributed by atoms with van der Waals surface area (Å²) in [4.78, 5) is 10.3. The normalized spacial score (nSPS) is 12.5. The molecule has 0 unspecified atom stereocenters. The van der Waals surface area contributed by atoms with Gasteiger partial charge in [-0.15, -0.1) is 54.1 Å². The van der Waals surface area contributed by atoms with Gasteiger partial charge in [-0.1, -0.05) is 175 Å². The van der Waals surface area contributed by atoms with Gasteiger partial charge >= 0.3 is 0 Å². The second-order valence-corrected chi connectivity index (χ2v) is 21.3. The Bertz CT molecular complexity index is 4380. The maximum Gasteiger partial charge on any atom is 0.121 e. The first-order chi connectivity index (χ1) is 38.1. The number of nitrogens with zero attached hydrogens (tertiary/aromatic N) is 4. The van der Waals surface area contributed by atoms with Gasteiger partial charge in [-0.2, -0.15) is 0 Å². The number of aromatic nitrogens is 4. The van der Waals surface area contributed by atoms with Crippen molar-refractivity contribution in [1.82, 2.24) is 19.1 Å². The number of hydrogen-bond donors (Lipinski definition) is 0. The molecule has 1 radical (unpaired) electrons. The first-order valence-corrected chi connectivity index (χ1v) is 26.7. The Balaban J connectivity index is 0.000000203. The molecule has 0 aliphatic rings. The minimum absolute atomic E-state index is 0. The molecule has 13 rings (SSSR count). The Morgan fingerprint density at radius 1 is 0.455 bits per heavy atom. The average molecular weight is 1180 g/mol. The summed E-state index contributed by atoms with van der Waals surface area (Å²) < 4.78 is 35.2. The van der Waals surface area contributed by atoms with E-state index in [4.69, 9.17) is 18.5 Å². The van der Waals surface area contributed by atoms with Crippen molar-refractivity contribution in [1.29, 1.82) is 0 Å². The van der Waals surface area contributed by atoms with Crippen molar-refractivity contribution in [3.63, 3.8) is 0 Å². The van der Waals surface area contributed by atoms with Crippen LogP contribution in [-0.4, -0.2) is 19.1 Å². The zero-order valence-electron chi connectivity index (χ0n) is 47.7. The maximum atomic E-state index is 7.91. The van der Waals surface area contributed by atoms with E-state index < -0.39 is 6.85 Å². The molecular weight excluding hydrogens is 1120 g/mol. The third-order valence-electron chi connectivity index (χ3n) is 15.0. The Morgan fingerprint density at radius 2 is 1.04 bits per heavy atom. The SMILES string of the molecule is CC(C)c1cccc(C(C)C)c1-n1c(-c2[c-]cccc2)nc2ccccc21.[2H]C([2H])([2H])c1ccc2c(ccc3cc4oc5c(-c6nc7ccccc7n6-c6c(C(C)C)cc(-c7ccccc7)cc6C(C)C)[c-]ccc5c4cc32)c1.[Ir]. The van der Waals surface area contributed by atoms with Crippen LogP contribution >= 0.6 is 0 Å². The van der Waals surface area contributed by atoms with E-state index in [0.29, 0.717) is 17.4 Å². The molecule has 0 N–H and O–H groups in total. The van der Waals surface area contributed by atoms with Crippen molar-refractivity contribution in [3.05, 3.63) is 228 Å². The molecule has 0 saturated heterocycles. The number of fused-ring (bicyclic) bond motifs is 8. The Hall–Kier alpha value is -7.89. The molecule has 77 heavy (non-hydrogen) atoms. The molecule has 13 aromatic rings. The molecule has 6 heteroatoms. The summed E-state index contributed by atoms with van der Waals surface area (Å²) in [6.07, 6.45) is 0.